The van der Waals surface area contributed by atoms with E-state index in [1.54, 1.807) is 19.2 Å². The van der Waals surface area contributed by atoms with E-state index in [-0.39, 0.29) is 76.8 Å². The summed E-state index contributed by atoms with van der Waals surface area (Å²) in [5.74, 6) is 3.65. The van der Waals surface area contributed by atoms with Gasteiger partial charge in [-0.3, -0.25) is 4.99 Å². The molecule has 6 heterocycles. The van der Waals surface area contributed by atoms with E-state index < -0.39 is 23.9 Å². The fourth-order valence-corrected chi connectivity index (χ4v) is 18.7. The molecule has 0 aromatic heterocycles. The highest BCUT2D eigenvalue weighted by Gasteiger charge is 2.67. The summed E-state index contributed by atoms with van der Waals surface area (Å²) in [6.45, 7) is 8.26. The van der Waals surface area contributed by atoms with Crippen LogP contribution in [0.4, 0.5) is 0 Å². The minimum absolute atomic E-state index is 0.000265. The molecule has 8 bridgehead atoms. The van der Waals surface area contributed by atoms with Gasteiger partial charge in [0.25, 0.3) is 0 Å². The van der Waals surface area contributed by atoms with Gasteiger partial charge in [-0.05, 0) is 213 Å². The molecule has 16 atom stereocenters. The summed E-state index contributed by atoms with van der Waals surface area (Å²) < 4.78 is 27.0. The number of aliphatic hydroxyl groups excluding tert-OH is 3. The van der Waals surface area contributed by atoms with Crippen molar-refractivity contribution in [3.05, 3.63) is 76.4 Å². The van der Waals surface area contributed by atoms with Crippen LogP contribution in [0.15, 0.2) is 53.5 Å². The van der Waals surface area contributed by atoms with Crippen LogP contribution >= 0.6 is 0 Å². The molecule has 0 amide bonds. The molecule has 0 radical (unpaired) electrons. The van der Waals surface area contributed by atoms with Crippen molar-refractivity contribution in [2.75, 3.05) is 33.4 Å². The number of phenolic OH excluding ortho intramolecular Hbond substituents is 2. The maximum Gasteiger partial charge on any atom is 0.188 e. The number of hydrogen-bond acceptors (Lipinski definition) is 13. The van der Waals surface area contributed by atoms with Crippen LogP contribution in [0.2, 0.25) is 0 Å². The Hall–Kier alpha value is -4.53. The Kier molecular flexibility index (Phi) is 15.3. The average Bonchev–Trinajstić information content (AvgIpc) is 4.09. The molecule has 4 saturated carbocycles. The fourth-order valence-electron chi connectivity index (χ4n) is 18.7. The summed E-state index contributed by atoms with van der Waals surface area (Å²) in [6.07, 6.45) is 18.9. The summed E-state index contributed by atoms with van der Waals surface area (Å²) in [5, 5.41) is 75.1. The number of nitrogens with zero attached hydrogens (tertiary/aromatic N) is 1. The van der Waals surface area contributed by atoms with Crippen LogP contribution in [0, 0.1) is 58.2 Å². The van der Waals surface area contributed by atoms with Gasteiger partial charge in [0.2, 0.25) is 0 Å². The third-order valence-corrected chi connectivity index (χ3v) is 22.4. The molecule has 15 rings (SSSR count). The topological polar surface area (TPSA) is 209 Å². The SMILES string of the molecule is CC[C@@H]1C[C@@H]2C=C[C@H]1C[C@@H](O)C[C@]1(CCC[C@@]13CCO[C@H]1[C@@H]3CC[C@H]3CCC[C@@]31O)CN=C(N)NCC[C@H]1[C@H](CO)CCC[C@H]1Oc1cc(ccc1O)[C@@H]1Oc3cc(OC)c4c(c3C[C@H]1O)[C@@H]2Cc1cc(O)c(CC(C)C)cc1-4. The van der Waals surface area contributed by atoms with Crippen LogP contribution in [0.5, 0.6) is 28.7 Å². The smallest absolute Gasteiger partial charge is 0.188 e. The second kappa shape index (κ2) is 22.0. The maximum absolute atomic E-state index is 12.8. The number of nitrogens with one attached hydrogen (secondary N) is 1. The number of methoxy groups -OCH3 is 1. The van der Waals surface area contributed by atoms with Gasteiger partial charge in [-0.15, -0.1) is 0 Å². The number of aromatic hydroxyl groups is 2. The van der Waals surface area contributed by atoms with Gasteiger partial charge in [-0.2, -0.15) is 0 Å². The second-order valence-corrected chi connectivity index (χ2v) is 26.8. The van der Waals surface area contributed by atoms with Crippen LogP contribution in [0.3, 0.4) is 0 Å². The Labute approximate surface area is 468 Å². The largest absolute Gasteiger partial charge is 0.508 e. The molecule has 13 nitrogen and oxygen atoms in total. The minimum Gasteiger partial charge on any atom is -0.508 e. The van der Waals surface area contributed by atoms with Crippen LogP contribution in [-0.4, -0.2) is 100 Å². The van der Waals surface area contributed by atoms with Crippen molar-refractivity contribution >= 4 is 5.96 Å². The van der Waals surface area contributed by atoms with Crippen molar-refractivity contribution in [1.29, 1.82) is 0 Å². The van der Waals surface area contributed by atoms with Gasteiger partial charge in [0.1, 0.15) is 29.5 Å². The number of ether oxygens (including phenoxy) is 4. The summed E-state index contributed by atoms with van der Waals surface area (Å²) in [7, 11) is 1.71. The fraction of sp³-hybridized carbons (Fsp3) is 0.682. The summed E-state index contributed by atoms with van der Waals surface area (Å²) in [5.41, 5.74) is 12.4. The van der Waals surface area contributed by atoms with E-state index in [1.807, 2.05) is 18.2 Å². The standard InChI is InChI=1S/C66H91N3O10/c1-5-38-26-40-13-12-39(38)27-46(71)34-64(19-8-20-65(64)22-24-77-62-51(65)16-15-45-10-7-21-66(45,62)75)36-69-63(67)68-23-18-47-42(35-70)9-6-11-55(47)78-57-31-41(14-17-52(57)72)61-54(74)32-50-56(79-61)33-58(76-4)60-49-29-44(25-37(2)3)53(73)30-43(49)28-48(40)59(50)60/h12-14,17,29-31,33,37-40,42,45-48,51,54-55,61-62,70-75H,5-11,15-16,18-28,32,34-36H2,1-4H3,(H3,67,68,69)/t38-,39+,40+,42+,45-,46-,47+,48-,51+,54-,55-,61+,62+,64-,65+,66-/m1/s1. The molecule has 5 fully saturated rings. The number of aliphatic imine (C=N–C) groups is 1. The zero-order valence-corrected chi connectivity index (χ0v) is 47.5. The van der Waals surface area contributed by atoms with Crippen LogP contribution in [-0.2, 0) is 24.0 Å². The number of phenols is 2. The van der Waals surface area contributed by atoms with Gasteiger partial charge in [0, 0.05) is 55.8 Å². The molecule has 1 saturated heterocycles. The molecule has 0 unspecified atom stereocenters. The van der Waals surface area contributed by atoms with E-state index in [0.717, 1.165) is 130 Å². The number of nitrogens with two attached hydrogens (primary N) is 1. The third-order valence-electron chi connectivity index (χ3n) is 22.4. The first kappa shape index (κ1) is 55.0. The third kappa shape index (κ3) is 9.72. The van der Waals surface area contributed by atoms with Crippen LogP contribution in [0.25, 0.3) is 11.1 Å². The quantitative estimate of drug-likeness (QED) is 0.112. The van der Waals surface area contributed by atoms with Gasteiger partial charge in [0.05, 0.1) is 31.0 Å². The lowest BCUT2D eigenvalue weighted by Gasteiger charge is -2.60. The van der Waals surface area contributed by atoms with Gasteiger partial charge in [-0.1, -0.05) is 58.3 Å². The first-order valence-corrected chi connectivity index (χ1v) is 30.9. The first-order chi connectivity index (χ1) is 38.2. The van der Waals surface area contributed by atoms with E-state index in [2.05, 4.69) is 44.3 Å². The van der Waals surface area contributed by atoms with Gasteiger partial charge in [-0.25, -0.2) is 0 Å². The van der Waals surface area contributed by atoms with Crippen molar-refractivity contribution in [2.45, 2.75) is 191 Å². The molecule has 430 valence electrons. The van der Waals surface area contributed by atoms with Crippen molar-refractivity contribution in [1.82, 2.24) is 5.32 Å². The number of guanidine groups is 1. The maximum atomic E-state index is 12.8. The highest BCUT2D eigenvalue weighted by Crippen LogP contribution is 2.68. The Morgan fingerprint density at radius 3 is 2.52 bits per heavy atom. The van der Waals surface area contributed by atoms with Crippen LogP contribution < -0.4 is 25.3 Å². The molecule has 2 spiro atoms. The predicted molar refractivity (Wildman–Crippen MR) is 306 cm³/mol. The highest BCUT2D eigenvalue weighted by molar-refractivity contribution is 5.84. The molecular weight excluding hydrogens is 995 g/mol. The van der Waals surface area contributed by atoms with Crippen molar-refractivity contribution in [3.63, 3.8) is 0 Å². The van der Waals surface area contributed by atoms with E-state index in [0.29, 0.717) is 98.2 Å². The Balaban J connectivity index is 0.955. The monoisotopic (exact) mass is 1090 g/mol. The first-order valence-electron chi connectivity index (χ1n) is 30.9. The molecule has 6 aliphatic heterocycles. The number of rotatable bonds is 5. The van der Waals surface area contributed by atoms with Gasteiger partial charge in [0.15, 0.2) is 17.5 Å². The zero-order valence-electron chi connectivity index (χ0n) is 47.5. The number of hydrogen-bond donors (Lipinski definition) is 8. The Bertz CT molecular complexity index is 2780. The lowest BCUT2D eigenvalue weighted by molar-refractivity contribution is -0.242. The molecule has 3 aromatic carbocycles. The molecule has 6 aliphatic carbocycles. The molecule has 3 aromatic rings. The Morgan fingerprint density at radius 2 is 1.71 bits per heavy atom. The summed E-state index contributed by atoms with van der Waals surface area (Å²) >= 11 is 0. The van der Waals surface area contributed by atoms with Crippen molar-refractivity contribution < 1.29 is 49.6 Å². The van der Waals surface area contributed by atoms with E-state index >= 15 is 0 Å². The molecule has 79 heavy (non-hydrogen) atoms. The van der Waals surface area contributed by atoms with Crippen molar-refractivity contribution in [2.24, 2.45) is 68.9 Å². The molecular formula is C66H91N3O10. The number of benzene rings is 3. The van der Waals surface area contributed by atoms with Gasteiger partial charge < -0.3 is 60.6 Å². The normalized spacial score (nSPS) is 38.0. The van der Waals surface area contributed by atoms with E-state index in [9.17, 15) is 30.6 Å². The molecule has 9 N–H and O–H groups in total. The average molecular weight is 1090 g/mol. The number of aliphatic hydroxyl groups is 4. The van der Waals surface area contributed by atoms with Gasteiger partial charge >= 0.3 is 0 Å². The molecule has 12 aliphatic rings. The van der Waals surface area contributed by atoms with Crippen molar-refractivity contribution in [3.8, 4) is 39.9 Å². The summed E-state index contributed by atoms with van der Waals surface area (Å²) in [4.78, 5) is 5.27. The molecule has 13 heteroatoms. The van der Waals surface area contributed by atoms with Crippen LogP contribution in [0.1, 0.15) is 170 Å². The predicted octanol–water partition coefficient (Wildman–Crippen LogP) is 10.4. The number of fused-ring (bicyclic) bond motifs is 6. The van der Waals surface area contributed by atoms with E-state index in [1.165, 1.54) is 0 Å². The lowest BCUT2D eigenvalue weighted by Crippen LogP contribution is -2.64. The minimum atomic E-state index is -0.924. The van der Waals surface area contributed by atoms with E-state index in [4.69, 9.17) is 29.7 Å². The number of allylic oxidation sites excluding steroid dienone is 2. The highest BCUT2D eigenvalue weighted by atomic mass is 16.5. The second-order valence-electron chi connectivity index (χ2n) is 26.8. The summed E-state index contributed by atoms with van der Waals surface area (Å²) in [6, 6.07) is 11.4. The zero-order chi connectivity index (χ0) is 55.0. The Morgan fingerprint density at radius 1 is 0.861 bits per heavy atom. The lowest BCUT2D eigenvalue weighted by atomic mass is 9.49.